The van der Waals surface area contributed by atoms with E-state index in [1.54, 1.807) is 13.8 Å². The van der Waals surface area contributed by atoms with E-state index in [0.29, 0.717) is 11.4 Å². The van der Waals surface area contributed by atoms with Gasteiger partial charge in [-0.05, 0) is 13.8 Å². The molecule has 0 saturated heterocycles. The summed E-state index contributed by atoms with van der Waals surface area (Å²) in [4.78, 5) is 10.9. The van der Waals surface area contributed by atoms with Crippen molar-refractivity contribution in [3.63, 3.8) is 0 Å². The molecule has 0 aliphatic rings. The number of nitrogens with two attached hydrogens (primary N) is 1. The fourth-order valence-corrected chi connectivity index (χ4v) is 0.918. The van der Waals surface area contributed by atoms with E-state index in [9.17, 15) is 10.1 Å². The molecule has 1 heterocycles. The minimum Gasteiger partial charge on any atom is -0.323 e. The van der Waals surface area contributed by atoms with Crippen LogP contribution in [0.1, 0.15) is 11.4 Å². The molecule has 0 spiro atoms. The highest BCUT2D eigenvalue weighted by Crippen LogP contribution is 2.19. The summed E-state index contributed by atoms with van der Waals surface area (Å²) >= 11 is 0. The summed E-state index contributed by atoms with van der Waals surface area (Å²) in [5.41, 5.74) is 0.704. The molecule has 11 heavy (non-hydrogen) atoms. The Kier molecular flexibility index (Phi) is 1.52. The first kappa shape index (κ1) is 7.52. The molecule has 0 aliphatic carbocycles. The van der Waals surface area contributed by atoms with Crippen molar-refractivity contribution in [2.75, 3.05) is 5.84 Å². The maximum Gasteiger partial charge on any atom is 0.314 e. The number of aromatic nitrogens is 2. The third-order valence-electron chi connectivity index (χ3n) is 1.47. The average molecular weight is 156 g/mol. The summed E-state index contributed by atoms with van der Waals surface area (Å²) < 4.78 is 0. The Morgan fingerprint density at radius 2 is 2.18 bits per heavy atom. The predicted octanol–water partition coefficient (Wildman–Crippen LogP) is 0.122. The van der Waals surface area contributed by atoms with Gasteiger partial charge in [0.1, 0.15) is 11.4 Å². The van der Waals surface area contributed by atoms with E-state index in [-0.39, 0.29) is 5.69 Å². The monoisotopic (exact) mass is 156 g/mol. The molecule has 2 N–H and O–H groups in total. The normalized spacial score (nSPS) is 10.0. The lowest BCUT2D eigenvalue weighted by molar-refractivity contribution is -0.386. The van der Waals surface area contributed by atoms with E-state index in [4.69, 9.17) is 5.84 Å². The van der Waals surface area contributed by atoms with Gasteiger partial charge in [-0.3, -0.25) is 10.1 Å². The number of hydrogen-bond donors (Lipinski definition) is 1. The smallest absolute Gasteiger partial charge is 0.314 e. The van der Waals surface area contributed by atoms with E-state index in [1.807, 2.05) is 0 Å². The van der Waals surface area contributed by atoms with Gasteiger partial charge in [0.15, 0.2) is 0 Å². The van der Waals surface area contributed by atoms with Gasteiger partial charge in [0, 0.05) is 0 Å². The van der Waals surface area contributed by atoms with Crippen molar-refractivity contribution in [2.24, 2.45) is 0 Å². The van der Waals surface area contributed by atoms with Gasteiger partial charge in [-0.1, -0.05) is 0 Å². The molecule has 1 rings (SSSR count). The predicted molar refractivity (Wildman–Crippen MR) is 38.5 cm³/mol. The number of nitrogens with zero attached hydrogens (tertiary/aromatic N) is 3. The molecule has 1 aromatic rings. The zero-order valence-corrected chi connectivity index (χ0v) is 6.24. The fourth-order valence-electron chi connectivity index (χ4n) is 0.918. The van der Waals surface area contributed by atoms with Crippen molar-refractivity contribution in [1.29, 1.82) is 0 Å². The second-order valence-corrected chi connectivity index (χ2v) is 2.22. The Morgan fingerprint density at radius 3 is 2.36 bits per heavy atom. The Balaban J connectivity index is 3.34. The van der Waals surface area contributed by atoms with Crippen molar-refractivity contribution in [3.05, 3.63) is 21.5 Å². The average Bonchev–Trinajstić information content (AvgIpc) is 2.07. The molecule has 6 heteroatoms. The molecule has 6 nitrogen and oxygen atoms in total. The Bertz CT molecular complexity index is 304. The van der Waals surface area contributed by atoms with Gasteiger partial charge in [-0.15, -0.1) is 0 Å². The molecule has 0 atom stereocenters. The van der Waals surface area contributed by atoms with Crippen molar-refractivity contribution < 1.29 is 4.92 Å². The second kappa shape index (κ2) is 2.22. The van der Waals surface area contributed by atoms with Gasteiger partial charge in [0.05, 0.1) is 4.92 Å². The molecular formula is C5H8N4O2. The van der Waals surface area contributed by atoms with E-state index in [1.165, 1.54) is 0 Å². The van der Waals surface area contributed by atoms with Gasteiger partial charge >= 0.3 is 5.69 Å². The first-order valence-electron chi connectivity index (χ1n) is 2.99. The zero-order chi connectivity index (χ0) is 8.59. The number of hydrogen-bond acceptors (Lipinski definition) is 4. The topological polar surface area (TPSA) is 87.0 Å². The fraction of sp³-hybridized carbons (Fsp3) is 0.400. The highest BCUT2D eigenvalue weighted by Gasteiger charge is 2.20. The lowest BCUT2D eigenvalue weighted by Gasteiger charge is -1.90. The quantitative estimate of drug-likeness (QED) is 0.355. The molecule has 0 radical (unpaired) electrons. The van der Waals surface area contributed by atoms with Crippen LogP contribution in [0.15, 0.2) is 0 Å². The molecule has 1 aromatic heterocycles. The highest BCUT2D eigenvalue weighted by atomic mass is 16.6. The van der Waals surface area contributed by atoms with Crippen LogP contribution in [0.3, 0.4) is 0 Å². The van der Waals surface area contributed by atoms with Crippen LogP contribution in [0.25, 0.3) is 0 Å². The lowest BCUT2D eigenvalue weighted by atomic mass is 10.3. The molecule has 0 amide bonds. The van der Waals surface area contributed by atoms with E-state index < -0.39 is 4.92 Å². The van der Waals surface area contributed by atoms with Crippen molar-refractivity contribution in [2.45, 2.75) is 13.8 Å². The van der Waals surface area contributed by atoms with Crippen LogP contribution in [0.2, 0.25) is 0 Å². The molecule has 0 aliphatic heterocycles. The standard InChI is InChI=1S/C5H8N4O2/c1-3-5(9(10)11)4(2)8(6)7-3/h6H2,1-2H3. The van der Waals surface area contributed by atoms with Gasteiger partial charge in [0.25, 0.3) is 0 Å². The van der Waals surface area contributed by atoms with Gasteiger partial charge < -0.3 is 5.84 Å². The maximum absolute atomic E-state index is 10.4. The van der Waals surface area contributed by atoms with Crippen LogP contribution in [0.5, 0.6) is 0 Å². The molecule has 0 bridgehead atoms. The summed E-state index contributed by atoms with van der Waals surface area (Å²) in [7, 11) is 0. The van der Waals surface area contributed by atoms with Crippen LogP contribution in [0.4, 0.5) is 5.69 Å². The van der Waals surface area contributed by atoms with Crippen LogP contribution < -0.4 is 5.84 Å². The molecule has 0 saturated carbocycles. The van der Waals surface area contributed by atoms with Crippen LogP contribution in [-0.2, 0) is 0 Å². The van der Waals surface area contributed by atoms with Gasteiger partial charge in [0.2, 0.25) is 0 Å². The Labute approximate surface area is 62.7 Å². The van der Waals surface area contributed by atoms with Crippen molar-refractivity contribution in [1.82, 2.24) is 9.89 Å². The summed E-state index contributed by atoms with van der Waals surface area (Å²) in [5, 5.41) is 14.0. The number of rotatable bonds is 1. The molecular weight excluding hydrogens is 148 g/mol. The third-order valence-corrected chi connectivity index (χ3v) is 1.47. The van der Waals surface area contributed by atoms with Crippen LogP contribution >= 0.6 is 0 Å². The first-order chi connectivity index (χ1) is 5.04. The van der Waals surface area contributed by atoms with E-state index >= 15 is 0 Å². The van der Waals surface area contributed by atoms with Gasteiger partial charge in [-0.25, -0.2) is 0 Å². The molecule has 0 unspecified atom stereocenters. The van der Waals surface area contributed by atoms with E-state index in [0.717, 1.165) is 4.79 Å². The van der Waals surface area contributed by atoms with Crippen molar-refractivity contribution >= 4 is 5.69 Å². The lowest BCUT2D eigenvalue weighted by Crippen LogP contribution is -2.11. The van der Waals surface area contributed by atoms with E-state index in [2.05, 4.69) is 5.10 Å². The number of aryl methyl sites for hydroxylation is 1. The summed E-state index contributed by atoms with van der Waals surface area (Å²) in [6, 6.07) is 0. The SMILES string of the molecule is Cc1nn(N)c(C)c1[N+](=O)[O-]. The molecule has 0 fully saturated rings. The third kappa shape index (κ3) is 1.02. The summed E-state index contributed by atoms with van der Waals surface area (Å²) in [5.74, 6) is 5.28. The first-order valence-corrected chi connectivity index (χ1v) is 2.99. The largest absolute Gasteiger partial charge is 0.323 e. The van der Waals surface area contributed by atoms with Crippen LogP contribution in [-0.4, -0.2) is 14.8 Å². The molecule has 60 valence electrons. The minimum absolute atomic E-state index is 0.00694. The Hall–Kier alpha value is -1.59. The zero-order valence-electron chi connectivity index (χ0n) is 6.24. The summed E-state index contributed by atoms with van der Waals surface area (Å²) in [6.07, 6.45) is 0. The Morgan fingerprint density at radius 1 is 1.64 bits per heavy atom. The summed E-state index contributed by atoms with van der Waals surface area (Å²) in [6.45, 7) is 3.10. The van der Waals surface area contributed by atoms with Crippen molar-refractivity contribution in [3.8, 4) is 0 Å². The number of nitrogen functional groups attached to an aromatic ring is 1. The maximum atomic E-state index is 10.4. The second-order valence-electron chi connectivity index (χ2n) is 2.22. The highest BCUT2D eigenvalue weighted by molar-refractivity contribution is 5.39. The number of nitro groups is 1. The van der Waals surface area contributed by atoms with Gasteiger partial charge in [-0.2, -0.15) is 9.89 Å². The van der Waals surface area contributed by atoms with Crippen LogP contribution in [0, 0.1) is 24.0 Å². The molecule has 0 aromatic carbocycles. The minimum atomic E-state index is -0.485.